The lowest BCUT2D eigenvalue weighted by atomic mass is 10.2. The maximum atomic E-state index is 10.9. The van der Waals surface area contributed by atoms with E-state index in [1.807, 2.05) is 6.92 Å². The predicted molar refractivity (Wildman–Crippen MR) is 71.5 cm³/mol. The third kappa shape index (κ3) is 3.42. The molecule has 1 heterocycles. The number of nitrogens with zero attached hydrogens (tertiary/aromatic N) is 2. The van der Waals surface area contributed by atoms with Crippen molar-refractivity contribution in [3.63, 3.8) is 0 Å². The van der Waals surface area contributed by atoms with Crippen LogP contribution in [0.25, 0.3) is 0 Å². The van der Waals surface area contributed by atoms with E-state index >= 15 is 0 Å². The fourth-order valence-electron chi connectivity index (χ4n) is 1.46. The van der Waals surface area contributed by atoms with Gasteiger partial charge >= 0.3 is 0 Å². The molecule has 0 saturated carbocycles. The first-order valence-electron chi connectivity index (χ1n) is 5.69. The predicted octanol–water partition coefficient (Wildman–Crippen LogP) is 2.58. The second kappa shape index (κ2) is 5.67. The molecule has 2 N–H and O–H groups in total. The summed E-state index contributed by atoms with van der Waals surface area (Å²) in [6.45, 7) is 1.93. The molecule has 0 atom stereocenters. The van der Waals surface area contributed by atoms with Crippen molar-refractivity contribution in [2.45, 2.75) is 13.3 Å². The Morgan fingerprint density at radius 3 is 2.58 bits per heavy atom. The molecule has 6 heteroatoms. The standard InChI is InChI=1S/C13H12ClN3O2/c1-2-11-16-10(14)7-12(17-11)19-9-5-3-8(4-6-9)13(15)18/h3-7H,2H2,1H3,(H2,15,18). The summed E-state index contributed by atoms with van der Waals surface area (Å²) < 4.78 is 5.55. The van der Waals surface area contributed by atoms with Gasteiger partial charge in [0.1, 0.15) is 16.7 Å². The molecular weight excluding hydrogens is 266 g/mol. The van der Waals surface area contributed by atoms with Crippen LogP contribution >= 0.6 is 11.6 Å². The van der Waals surface area contributed by atoms with Crippen LogP contribution in [0.5, 0.6) is 11.6 Å². The number of ether oxygens (including phenoxy) is 1. The topological polar surface area (TPSA) is 78.1 Å². The van der Waals surface area contributed by atoms with E-state index in [1.54, 1.807) is 24.3 Å². The number of hydrogen-bond acceptors (Lipinski definition) is 4. The van der Waals surface area contributed by atoms with Crippen molar-refractivity contribution in [3.05, 3.63) is 46.9 Å². The van der Waals surface area contributed by atoms with Crippen LogP contribution in [-0.4, -0.2) is 15.9 Å². The average molecular weight is 278 g/mol. The molecular formula is C13H12ClN3O2. The van der Waals surface area contributed by atoms with Crippen LogP contribution in [0.3, 0.4) is 0 Å². The zero-order valence-corrected chi connectivity index (χ0v) is 11.0. The number of rotatable bonds is 4. The highest BCUT2D eigenvalue weighted by Crippen LogP contribution is 2.22. The van der Waals surface area contributed by atoms with E-state index in [9.17, 15) is 4.79 Å². The van der Waals surface area contributed by atoms with Gasteiger partial charge in [0.25, 0.3) is 0 Å². The molecule has 0 spiro atoms. The number of aromatic nitrogens is 2. The molecule has 0 unspecified atom stereocenters. The van der Waals surface area contributed by atoms with Gasteiger partial charge < -0.3 is 10.5 Å². The summed E-state index contributed by atoms with van der Waals surface area (Å²) in [5.74, 6) is 1.03. The van der Waals surface area contributed by atoms with Crippen LogP contribution < -0.4 is 10.5 Å². The summed E-state index contributed by atoms with van der Waals surface area (Å²) in [5, 5.41) is 0.329. The first-order valence-corrected chi connectivity index (χ1v) is 6.07. The van der Waals surface area contributed by atoms with Gasteiger partial charge in [0.2, 0.25) is 11.8 Å². The molecule has 0 aliphatic rings. The van der Waals surface area contributed by atoms with Crippen molar-refractivity contribution in [1.82, 2.24) is 9.97 Å². The van der Waals surface area contributed by atoms with Gasteiger partial charge in [-0.05, 0) is 24.3 Å². The van der Waals surface area contributed by atoms with Crippen molar-refractivity contribution < 1.29 is 9.53 Å². The summed E-state index contributed by atoms with van der Waals surface area (Å²) >= 11 is 5.87. The van der Waals surface area contributed by atoms with E-state index in [4.69, 9.17) is 22.1 Å². The highest BCUT2D eigenvalue weighted by molar-refractivity contribution is 6.29. The quantitative estimate of drug-likeness (QED) is 0.871. The molecule has 0 fully saturated rings. The Labute approximate surface area is 115 Å². The van der Waals surface area contributed by atoms with Crippen LogP contribution in [0.4, 0.5) is 0 Å². The molecule has 1 aromatic carbocycles. The number of hydrogen-bond donors (Lipinski definition) is 1. The Morgan fingerprint density at radius 1 is 1.32 bits per heavy atom. The van der Waals surface area contributed by atoms with Crippen LogP contribution in [0.15, 0.2) is 30.3 Å². The van der Waals surface area contributed by atoms with Gasteiger partial charge in [0.15, 0.2) is 0 Å². The number of nitrogens with two attached hydrogens (primary N) is 1. The van der Waals surface area contributed by atoms with E-state index in [0.717, 1.165) is 0 Å². The second-order valence-corrected chi connectivity index (χ2v) is 4.18. The van der Waals surface area contributed by atoms with Crippen LogP contribution in [0.1, 0.15) is 23.1 Å². The van der Waals surface area contributed by atoms with Crippen molar-refractivity contribution in [2.24, 2.45) is 5.73 Å². The van der Waals surface area contributed by atoms with Crippen molar-refractivity contribution in [2.75, 3.05) is 0 Å². The minimum Gasteiger partial charge on any atom is -0.439 e. The maximum Gasteiger partial charge on any atom is 0.248 e. The first kappa shape index (κ1) is 13.3. The minimum atomic E-state index is -0.482. The Morgan fingerprint density at radius 2 is 2.00 bits per heavy atom. The van der Waals surface area contributed by atoms with Gasteiger partial charge in [-0.15, -0.1) is 0 Å². The Bertz CT molecular complexity index is 599. The number of amides is 1. The van der Waals surface area contributed by atoms with Crippen LogP contribution in [-0.2, 0) is 6.42 Å². The largest absolute Gasteiger partial charge is 0.439 e. The number of aryl methyl sites for hydroxylation is 1. The summed E-state index contributed by atoms with van der Waals surface area (Å²) in [7, 11) is 0. The molecule has 1 aromatic heterocycles. The number of primary amides is 1. The van der Waals surface area contributed by atoms with E-state index in [1.165, 1.54) is 6.07 Å². The third-order valence-corrected chi connectivity index (χ3v) is 2.59. The highest BCUT2D eigenvalue weighted by Gasteiger charge is 2.05. The van der Waals surface area contributed by atoms with E-state index in [2.05, 4.69) is 9.97 Å². The van der Waals surface area contributed by atoms with Gasteiger partial charge in [-0.2, -0.15) is 4.98 Å². The van der Waals surface area contributed by atoms with Gasteiger partial charge in [0, 0.05) is 18.1 Å². The van der Waals surface area contributed by atoms with Crippen LogP contribution in [0.2, 0.25) is 5.15 Å². The van der Waals surface area contributed by atoms with Gasteiger partial charge in [-0.3, -0.25) is 4.79 Å². The molecule has 0 bridgehead atoms. The number of halogens is 1. The van der Waals surface area contributed by atoms with E-state index < -0.39 is 5.91 Å². The molecule has 0 radical (unpaired) electrons. The summed E-state index contributed by atoms with van der Waals surface area (Å²) in [6, 6.07) is 7.98. The Balaban J connectivity index is 2.21. The monoisotopic (exact) mass is 277 g/mol. The fraction of sp³-hybridized carbons (Fsp3) is 0.154. The Kier molecular flexibility index (Phi) is 3.97. The second-order valence-electron chi connectivity index (χ2n) is 3.79. The highest BCUT2D eigenvalue weighted by atomic mass is 35.5. The fourth-order valence-corrected chi connectivity index (χ4v) is 1.65. The first-order chi connectivity index (χ1) is 9.08. The molecule has 2 rings (SSSR count). The van der Waals surface area contributed by atoms with Gasteiger partial charge in [-0.1, -0.05) is 18.5 Å². The molecule has 2 aromatic rings. The van der Waals surface area contributed by atoms with Crippen molar-refractivity contribution in [3.8, 4) is 11.6 Å². The van der Waals surface area contributed by atoms with Crippen molar-refractivity contribution in [1.29, 1.82) is 0 Å². The summed E-state index contributed by atoms with van der Waals surface area (Å²) in [4.78, 5) is 19.2. The molecule has 0 aliphatic carbocycles. The number of carbonyl (C=O) groups is 1. The number of benzene rings is 1. The van der Waals surface area contributed by atoms with Gasteiger partial charge in [0.05, 0.1) is 0 Å². The summed E-state index contributed by atoms with van der Waals surface area (Å²) in [6.07, 6.45) is 0.664. The molecule has 0 saturated heterocycles. The van der Waals surface area contributed by atoms with Crippen LogP contribution in [0, 0.1) is 0 Å². The molecule has 98 valence electrons. The van der Waals surface area contributed by atoms with E-state index in [0.29, 0.717) is 34.6 Å². The number of carbonyl (C=O) groups excluding carboxylic acids is 1. The lowest BCUT2D eigenvalue weighted by molar-refractivity contribution is 0.100. The lowest BCUT2D eigenvalue weighted by Crippen LogP contribution is -2.10. The van der Waals surface area contributed by atoms with Gasteiger partial charge in [-0.25, -0.2) is 4.98 Å². The Hall–Kier alpha value is -2.14. The van der Waals surface area contributed by atoms with E-state index in [-0.39, 0.29) is 0 Å². The molecule has 1 amide bonds. The summed E-state index contributed by atoms with van der Waals surface area (Å²) in [5.41, 5.74) is 5.58. The smallest absolute Gasteiger partial charge is 0.248 e. The lowest BCUT2D eigenvalue weighted by Gasteiger charge is -2.06. The minimum absolute atomic E-state index is 0.329. The maximum absolute atomic E-state index is 10.9. The zero-order valence-electron chi connectivity index (χ0n) is 10.3. The molecule has 0 aliphatic heterocycles. The zero-order chi connectivity index (χ0) is 13.8. The third-order valence-electron chi connectivity index (χ3n) is 2.40. The van der Waals surface area contributed by atoms with Crippen molar-refractivity contribution >= 4 is 17.5 Å². The molecule has 5 nitrogen and oxygen atoms in total. The average Bonchev–Trinajstić information content (AvgIpc) is 2.38. The SMILES string of the molecule is CCc1nc(Cl)cc(Oc2ccc(C(N)=O)cc2)n1. The normalized spacial score (nSPS) is 10.2. The molecule has 19 heavy (non-hydrogen) atoms.